The second kappa shape index (κ2) is 5.95. The molecule has 2 aromatic rings. The third-order valence-corrected chi connectivity index (χ3v) is 3.28. The van der Waals surface area contributed by atoms with Crippen molar-refractivity contribution in [2.75, 3.05) is 11.9 Å². The van der Waals surface area contributed by atoms with Crippen LogP contribution >= 0.6 is 11.6 Å². The molecule has 2 rings (SSSR count). The average molecular weight is 296 g/mol. The molecule has 0 bridgehead atoms. The van der Waals surface area contributed by atoms with Crippen molar-refractivity contribution in [3.8, 4) is 0 Å². The minimum absolute atomic E-state index is 0.140. The number of rotatable bonds is 5. The molecule has 0 atom stereocenters. The molecule has 1 N–H and O–H groups in total. The molecule has 0 aliphatic rings. The van der Waals surface area contributed by atoms with Gasteiger partial charge in [0.1, 0.15) is 5.82 Å². The summed E-state index contributed by atoms with van der Waals surface area (Å²) in [5.74, 6) is 0.770. The van der Waals surface area contributed by atoms with Crippen molar-refractivity contribution in [2.24, 2.45) is 0 Å². The van der Waals surface area contributed by atoms with Crippen LogP contribution in [0.3, 0.4) is 0 Å². The first kappa shape index (κ1) is 15.0. The maximum atomic E-state index is 6.04. The van der Waals surface area contributed by atoms with Crippen LogP contribution in [0.2, 0.25) is 5.28 Å². The Bertz CT molecular complexity index is 585. The molecule has 0 saturated heterocycles. The third kappa shape index (κ3) is 3.20. The molecule has 0 aromatic carbocycles. The van der Waals surface area contributed by atoms with Crippen molar-refractivity contribution in [3.05, 3.63) is 11.5 Å². The van der Waals surface area contributed by atoms with Gasteiger partial charge in [-0.25, -0.2) is 4.68 Å². The average Bonchev–Trinajstić information content (AvgIpc) is 2.77. The fourth-order valence-electron chi connectivity index (χ4n) is 2.09. The first-order chi connectivity index (χ1) is 9.43. The van der Waals surface area contributed by atoms with Crippen LogP contribution in [-0.4, -0.2) is 26.3 Å². The molecule has 5 nitrogen and oxygen atoms in total. The van der Waals surface area contributed by atoms with Crippen LogP contribution < -0.4 is 5.32 Å². The van der Waals surface area contributed by atoms with Gasteiger partial charge in [0.05, 0.1) is 17.1 Å². The van der Waals surface area contributed by atoms with Crippen LogP contribution in [0.1, 0.15) is 47.0 Å². The van der Waals surface area contributed by atoms with Crippen LogP contribution in [0.5, 0.6) is 0 Å². The number of fused-ring (bicyclic) bond motifs is 1. The van der Waals surface area contributed by atoms with Crippen molar-refractivity contribution in [2.45, 2.75) is 52.5 Å². The van der Waals surface area contributed by atoms with Gasteiger partial charge in [-0.2, -0.15) is 15.1 Å². The number of aromatic nitrogens is 4. The SMILES string of the molecule is CCCCCNc1nc(Cl)nc2c1cnn2C(C)(C)C. The second-order valence-corrected chi connectivity index (χ2v) is 6.28. The van der Waals surface area contributed by atoms with E-state index < -0.39 is 0 Å². The number of halogens is 1. The van der Waals surface area contributed by atoms with Gasteiger partial charge in [-0.1, -0.05) is 19.8 Å². The molecule has 0 aliphatic heterocycles. The highest BCUT2D eigenvalue weighted by Gasteiger charge is 2.20. The second-order valence-electron chi connectivity index (χ2n) is 5.94. The molecule has 0 fully saturated rings. The normalized spacial score (nSPS) is 12.1. The first-order valence-electron chi connectivity index (χ1n) is 7.09. The van der Waals surface area contributed by atoms with E-state index in [2.05, 4.69) is 48.1 Å². The third-order valence-electron chi connectivity index (χ3n) is 3.11. The zero-order valence-corrected chi connectivity index (χ0v) is 13.3. The van der Waals surface area contributed by atoms with E-state index in [0.29, 0.717) is 0 Å². The molecule has 0 spiro atoms. The molecule has 110 valence electrons. The Hall–Kier alpha value is -1.36. The summed E-state index contributed by atoms with van der Waals surface area (Å²) < 4.78 is 1.88. The van der Waals surface area contributed by atoms with Gasteiger partial charge in [-0.3, -0.25) is 0 Å². The Balaban J connectivity index is 2.33. The highest BCUT2D eigenvalue weighted by molar-refractivity contribution is 6.28. The summed E-state index contributed by atoms with van der Waals surface area (Å²) in [7, 11) is 0. The summed E-state index contributed by atoms with van der Waals surface area (Å²) in [6.45, 7) is 9.33. The number of nitrogens with zero attached hydrogens (tertiary/aromatic N) is 4. The largest absolute Gasteiger partial charge is 0.369 e. The minimum atomic E-state index is -0.140. The Labute approximate surface area is 124 Å². The fraction of sp³-hybridized carbons (Fsp3) is 0.643. The lowest BCUT2D eigenvalue weighted by Gasteiger charge is -2.19. The van der Waals surface area contributed by atoms with E-state index in [4.69, 9.17) is 11.6 Å². The Morgan fingerprint density at radius 3 is 2.65 bits per heavy atom. The van der Waals surface area contributed by atoms with Crippen LogP contribution in [0.15, 0.2) is 6.20 Å². The zero-order valence-electron chi connectivity index (χ0n) is 12.6. The van der Waals surface area contributed by atoms with Gasteiger partial charge in [0, 0.05) is 6.54 Å². The summed E-state index contributed by atoms with van der Waals surface area (Å²) >= 11 is 6.04. The van der Waals surface area contributed by atoms with Gasteiger partial charge in [0.15, 0.2) is 5.65 Å². The van der Waals surface area contributed by atoms with Crippen molar-refractivity contribution in [3.63, 3.8) is 0 Å². The van der Waals surface area contributed by atoms with Crippen molar-refractivity contribution >= 4 is 28.5 Å². The Morgan fingerprint density at radius 1 is 1.25 bits per heavy atom. The molecule has 0 aliphatic carbocycles. The van der Waals surface area contributed by atoms with Crippen molar-refractivity contribution in [1.29, 1.82) is 0 Å². The summed E-state index contributed by atoms with van der Waals surface area (Å²) in [6.07, 6.45) is 5.33. The van der Waals surface area contributed by atoms with Gasteiger partial charge in [0.2, 0.25) is 5.28 Å². The van der Waals surface area contributed by atoms with Gasteiger partial charge in [0.25, 0.3) is 0 Å². The van der Waals surface area contributed by atoms with E-state index >= 15 is 0 Å². The Kier molecular flexibility index (Phi) is 4.48. The molecule has 0 unspecified atom stereocenters. The number of anilines is 1. The van der Waals surface area contributed by atoms with Gasteiger partial charge >= 0.3 is 0 Å². The number of hydrogen-bond donors (Lipinski definition) is 1. The van der Waals surface area contributed by atoms with Gasteiger partial charge in [-0.15, -0.1) is 0 Å². The monoisotopic (exact) mass is 295 g/mol. The summed E-state index contributed by atoms with van der Waals surface area (Å²) in [5.41, 5.74) is 0.634. The zero-order chi connectivity index (χ0) is 14.8. The molecule has 6 heteroatoms. The molecule has 0 amide bonds. The predicted molar refractivity (Wildman–Crippen MR) is 83.3 cm³/mol. The fourth-order valence-corrected chi connectivity index (χ4v) is 2.25. The maximum Gasteiger partial charge on any atom is 0.226 e. The standard InChI is InChI=1S/C14H22ClN5/c1-5-6-7-8-16-11-10-9-17-20(14(2,3)4)12(10)19-13(15)18-11/h9H,5-8H2,1-4H3,(H,16,18,19). The summed E-state index contributed by atoms with van der Waals surface area (Å²) in [5, 5.41) is 8.94. The number of unbranched alkanes of at least 4 members (excludes halogenated alkanes) is 2. The van der Waals surface area contributed by atoms with Crippen molar-refractivity contribution in [1.82, 2.24) is 19.7 Å². The summed E-state index contributed by atoms with van der Waals surface area (Å²) in [6, 6.07) is 0. The van der Waals surface area contributed by atoms with E-state index in [-0.39, 0.29) is 10.8 Å². The highest BCUT2D eigenvalue weighted by Crippen LogP contribution is 2.26. The molecule has 0 radical (unpaired) electrons. The molecule has 0 saturated carbocycles. The summed E-state index contributed by atoms with van der Waals surface area (Å²) in [4.78, 5) is 8.61. The maximum absolute atomic E-state index is 6.04. The van der Waals surface area contributed by atoms with E-state index in [0.717, 1.165) is 29.8 Å². The Morgan fingerprint density at radius 2 is 2.00 bits per heavy atom. The molecular formula is C14H22ClN5. The highest BCUT2D eigenvalue weighted by atomic mass is 35.5. The topological polar surface area (TPSA) is 55.6 Å². The number of nitrogens with one attached hydrogen (secondary N) is 1. The molecule has 2 aromatic heterocycles. The van der Waals surface area contributed by atoms with E-state index in [1.54, 1.807) is 6.20 Å². The van der Waals surface area contributed by atoms with Crippen LogP contribution in [0.4, 0.5) is 5.82 Å². The lowest BCUT2D eigenvalue weighted by molar-refractivity contribution is 0.366. The molecule has 2 heterocycles. The first-order valence-corrected chi connectivity index (χ1v) is 7.47. The van der Waals surface area contributed by atoms with Crippen LogP contribution in [0.25, 0.3) is 11.0 Å². The van der Waals surface area contributed by atoms with Gasteiger partial charge in [-0.05, 0) is 38.8 Å². The van der Waals surface area contributed by atoms with E-state index in [9.17, 15) is 0 Å². The van der Waals surface area contributed by atoms with Crippen LogP contribution in [-0.2, 0) is 5.54 Å². The minimum Gasteiger partial charge on any atom is -0.369 e. The predicted octanol–water partition coefficient (Wildman–Crippen LogP) is 3.84. The number of hydrogen-bond acceptors (Lipinski definition) is 4. The van der Waals surface area contributed by atoms with Crippen LogP contribution in [0, 0.1) is 0 Å². The molecular weight excluding hydrogens is 274 g/mol. The van der Waals surface area contributed by atoms with Gasteiger partial charge < -0.3 is 5.32 Å². The molecule has 20 heavy (non-hydrogen) atoms. The smallest absolute Gasteiger partial charge is 0.226 e. The van der Waals surface area contributed by atoms with Crippen molar-refractivity contribution < 1.29 is 0 Å². The van der Waals surface area contributed by atoms with E-state index in [1.165, 1.54) is 12.8 Å². The lowest BCUT2D eigenvalue weighted by Crippen LogP contribution is -2.23. The van der Waals surface area contributed by atoms with E-state index in [1.807, 2.05) is 4.68 Å². The lowest BCUT2D eigenvalue weighted by atomic mass is 10.1. The quantitative estimate of drug-likeness (QED) is 0.672.